The molecule has 0 aromatic rings. The summed E-state index contributed by atoms with van der Waals surface area (Å²) in [4.78, 5) is 0. The van der Waals surface area contributed by atoms with Crippen LogP contribution in [0.25, 0.3) is 0 Å². The Bertz CT molecular complexity index is 291. The fourth-order valence-corrected chi connectivity index (χ4v) is 4.90. The van der Waals surface area contributed by atoms with Gasteiger partial charge in [-0.15, -0.1) is 11.8 Å². The molecule has 0 unspecified atom stereocenters. The molecule has 1 aliphatic heterocycles. The average Bonchev–Trinajstić information content (AvgIpc) is 2.39. The number of rotatable bonds is 1. The van der Waals surface area contributed by atoms with Crippen LogP contribution in [0.4, 0.5) is 0 Å². The van der Waals surface area contributed by atoms with Gasteiger partial charge in [-0.25, -0.2) is 0 Å². The molecule has 2 heteroatoms. The first-order valence-corrected chi connectivity index (χ1v) is 8.39. The highest BCUT2D eigenvalue weighted by molar-refractivity contribution is 8.02. The van der Waals surface area contributed by atoms with Crippen molar-refractivity contribution in [2.75, 3.05) is 0 Å². The van der Waals surface area contributed by atoms with E-state index in [0.29, 0.717) is 0 Å². The topological polar surface area (TPSA) is 12.0 Å². The molecular weight excluding hydrogens is 226 g/mol. The molecule has 2 saturated carbocycles. The van der Waals surface area contributed by atoms with Gasteiger partial charge in [0.1, 0.15) is 0 Å². The Hall–Kier alpha value is -0.110. The van der Waals surface area contributed by atoms with Crippen LogP contribution >= 0.6 is 11.8 Å². The predicted octanol–water partition coefficient (Wildman–Crippen LogP) is 4.30. The first-order valence-electron chi connectivity index (χ1n) is 7.45. The number of hydrogen-bond donors (Lipinski definition) is 1. The summed E-state index contributed by atoms with van der Waals surface area (Å²) in [6, 6.07) is 0.785. The van der Waals surface area contributed by atoms with Gasteiger partial charge in [-0.3, -0.25) is 0 Å². The number of allylic oxidation sites excluding steroid dienone is 1. The van der Waals surface area contributed by atoms with E-state index in [9.17, 15) is 0 Å². The van der Waals surface area contributed by atoms with E-state index in [0.717, 1.165) is 23.1 Å². The molecule has 0 saturated heterocycles. The lowest BCUT2D eigenvalue weighted by atomic mass is 9.81. The third kappa shape index (κ3) is 2.67. The molecule has 1 N–H and O–H groups in total. The molecule has 1 nitrogen and oxygen atoms in total. The first-order chi connectivity index (χ1) is 8.33. The second kappa shape index (κ2) is 5.26. The Balaban J connectivity index is 1.62. The summed E-state index contributed by atoms with van der Waals surface area (Å²) in [5.41, 5.74) is 1.59. The van der Waals surface area contributed by atoms with Gasteiger partial charge in [0.15, 0.2) is 0 Å². The van der Waals surface area contributed by atoms with Crippen molar-refractivity contribution in [1.29, 1.82) is 0 Å². The van der Waals surface area contributed by atoms with E-state index in [2.05, 4.69) is 29.4 Å². The molecule has 0 aromatic heterocycles. The van der Waals surface area contributed by atoms with E-state index in [1.165, 1.54) is 51.4 Å². The molecule has 0 radical (unpaired) electrons. The van der Waals surface area contributed by atoms with Gasteiger partial charge >= 0.3 is 0 Å². The average molecular weight is 251 g/mol. The highest BCUT2D eigenvalue weighted by atomic mass is 32.2. The number of nitrogens with one attached hydrogen (secondary N) is 1. The Morgan fingerprint density at radius 2 is 1.82 bits per heavy atom. The lowest BCUT2D eigenvalue weighted by Gasteiger charge is -2.39. The third-order valence-electron chi connectivity index (χ3n) is 4.88. The number of thioether (sulfide) groups is 1. The number of hydrogen-bond acceptors (Lipinski definition) is 2. The van der Waals surface area contributed by atoms with Crippen LogP contribution < -0.4 is 5.32 Å². The van der Waals surface area contributed by atoms with E-state index in [4.69, 9.17) is 0 Å². The van der Waals surface area contributed by atoms with Crippen molar-refractivity contribution in [2.24, 2.45) is 11.8 Å². The smallest absolute Gasteiger partial charge is 0.0380 e. The van der Waals surface area contributed by atoms with Crippen molar-refractivity contribution in [3.8, 4) is 0 Å². The Labute approximate surface area is 110 Å². The van der Waals surface area contributed by atoms with Crippen LogP contribution in [0.2, 0.25) is 0 Å². The summed E-state index contributed by atoms with van der Waals surface area (Å²) >= 11 is 2.13. The second-order valence-corrected chi connectivity index (χ2v) is 7.35. The minimum absolute atomic E-state index is 0.785. The van der Waals surface area contributed by atoms with Gasteiger partial charge in [-0.2, -0.15) is 0 Å². The third-order valence-corrected chi connectivity index (χ3v) is 6.18. The highest BCUT2D eigenvalue weighted by Crippen LogP contribution is 2.39. The van der Waals surface area contributed by atoms with Crippen molar-refractivity contribution >= 4 is 11.8 Å². The van der Waals surface area contributed by atoms with E-state index < -0.39 is 0 Å². The Kier molecular flexibility index (Phi) is 3.69. The van der Waals surface area contributed by atoms with Crippen LogP contribution in [-0.2, 0) is 0 Å². The standard InChI is InChI=1S/C15H25NS/c1-11-6-8-12(9-7-11)14-10-17-15-5-3-2-4-13(15)16-14/h10-13,15-16H,2-9H2,1H3/t11?,12?,13-,15+/m1/s1. The van der Waals surface area contributed by atoms with Crippen LogP contribution in [0.15, 0.2) is 11.1 Å². The summed E-state index contributed by atoms with van der Waals surface area (Å²) in [5, 5.41) is 7.22. The predicted molar refractivity (Wildman–Crippen MR) is 76.0 cm³/mol. The van der Waals surface area contributed by atoms with Gasteiger partial charge in [0.2, 0.25) is 0 Å². The maximum absolute atomic E-state index is 3.88. The molecule has 2 atom stereocenters. The maximum atomic E-state index is 3.88. The molecule has 3 rings (SSSR count). The van der Waals surface area contributed by atoms with Gasteiger partial charge < -0.3 is 5.32 Å². The van der Waals surface area contributed by atoms with Gasteiger partial charge in [0.05, 0.1) is 0 Å². The van der Waals surface area contributed by atoms with Crippen molar-refractivity contribution in [3.63, 3.8) is 0 Å². The van der Waals surface area contributed by atoms with Crippen LogP contribution in [0.5, 0.6) is 0 Å². The van der Waals surface area contributed by atoms with E-state index in [1.54, 1.807) is 5.70 Å². The molecule has 0 aromatic carbocycles. The molecule has 2 aliphatic carbocycles. The summed E-state index contributed by atoms with van der Waals surface area (Å²) in [7, 11) is 0. The first kappa shape index (κ1) is 12.0. The zero-order valence-corrected chi connectivity index (χ0v) is 11.8. The van der Waals surface area contributed by atoms with E-state index in [-0.39, 0.29) is 0 Å². The minimum Gasteiger partial charge on any atom is -0.384 e. The van der Waals surface area contributed by atoms with Crippen molar-refractivity contribution in [2.45, 2.75) is 69.6 Å². The van der Waals surface area contributed by atoms with Crippen molar-refractivity contribution in [1.82, 2.24) is 5.32 Å². The summed E-state index contributed by atoms with van der Waals surface area (Å²) in [5.74, 6) is 1.81. The fourth-order valence-electron chi connectivity index (χ4n) is 3.62. The summed E-state index contributed by atoms with van der Waals surface area (Å²) in [6.45, 7) is 2.41. The van der Waals surface area contributed by atoms with Gasteiger partial charge in [0.25, 0.3) is 0 Å². The molecular formula is C15H25NS. The molecule has 96 valence electrons. The Morgan fingerprint density at radius 1 is 1.06 bits per heavy atom. The molecule has 2 fully saturated rings. The number of fused-ring (bicyclic) bond motifs is 1. The lowest BCUT2D eigenvalue weighted by Crippen LogP contribution is -2.43. The molecule has 1 heterocycles. The van der Waals surface area contributed by atoms with Crippen LogP contribution in [-0.4, -0.2) is 11.3 Å². The zero-order chi connectivity index (χ0) is 11.7. The van der Waals surface area contributed by atoms with Gasteiger partial charge in [0, 0.05) is 17.0 Å². The summed E-state index contributed by atoms with van der Waals surface area (Å²) < 4.78 is 0. The highest BCUT2D eigenvalue weighted by Gasteiger charge is 2.31. The lowest BCUT2D eigenvalue weighted by molar-refractivity contribution is 0.297. The SMILES string of the molecule is CC1CCC(C2=CS[C@H]3CCCC[C@H]3N2)CC1. The fraction of sp³-hybridized carbons (Fsp3) is 0.867. The van der Waals surface area contributed by atoms with Gasteiger partial charge in [-0.05, 0) is 42.9 Å². The van der Waals surface area contributed by atoms with Crippen molar-refractivity contribution < 1.29 is 0 Å². The molecule has 0 bridgehead atoms. The Morgan fingerprint density at radius 3 is 2.65 bits per heavy atom. The largest absolute Gasteiger partial charge is 0.384 e. The summed E-state index contributed by atoms with van der Waals surface area (Å²) in [6.07, 6.45) is 11.4. The van der Waals surface area contributed by atoms with Crippen LogP contribution in [0, 0.1) is 11.8 Å². The van der Waals surface area contributed by atoms with Crippen LogP contribution in [0.1, 0.15) is 58.3 Å². The molecule has 17 heavy (non-hydrogen) atoms. The molecule has 0 spiro atoms. The quantitative estimate of drug-likeness (QED) is 0.745. The zero-order valence-electron chi connectivity index (χ0n) is 11.0. The van der Waals surface area contributed by atoms with Crippen molar-refractivity contribution in [3.05, 3.63) is 11.1 Å². The maximum Gasteiger partial charge on any atom is 0.0380 e. The monoisotopic (exact) mass is 251 g/mol. The van der Waals surface area contributed by atoms with E-state index >= 15 is 0 Å². The van der Waals surface area contributed by atoms with E-state index in [1.807, 2.05) is 0 Å². The molecule has 3 aliphatic rings. The second-order valence-electron chi connectivity index (χ2n) is 6.24. The van der Waals surface area contributed by atoms with Crippen LogP contribution in [0.3, 0.4) is 0 Å². The normalized spacial score (nSPS) is 42.3. The minimum atomic E-state index is 0.785. The van der Waals surface area contributed by atoms with Gasteiger partial charge in [-0.1, -0.05) is 32.6 Å². The molecule has 0 amide bonds.